The number of aliphatic hydroxyl groups is 1. The molecule has 2 aliphatic carbocycles. The summed E-state index contributed by atoms with van der Waals surface area (Å²) >= 11 is 0. The largest absolute Gasteiger partial charge is 0.488 e. The Morgan fingerprint density at radius 3 is 2.95 bits per heavy atom. The first-order chi connectivity index (χ1) is 9.84. The molecule has 0 spiro atoms. The van der Waals surface area contributed by atoms with E-state index in [-0.39, 0.29) is 23.9 Å². The summed E-state index contributed by atoms with van der Waals surface area (Å²) in [5, 5.41) is 10.8. The lowest BCUT2D eigenvalue weighted by Gasteiger charge is -2.45. The Balaban J connectivity index is 1.78. The van der Waals surface area contributed by atoms with Crippen molar-refractivity contribution in [3.8, 4) is 0 Å². The minimum Gasteiger partial charge on any atom is -0.488 e. The van der Waals surface area contributed by atoms with E-state index < -0.39 is 11.7 Å². The lowest BCUT2D eigenvalue weighted by Crippen LogP contribution is -2.49. The molecule has 114 valence electrons. The van der Waals surface area contributed by atoms with Gasteiger partial charge in [0.15, 0.2) is 5.78 Å². The Labute approximate surface area is 124 Å². The fourth-order valence-corrected chi connectivity index (χ4v) is 4.71. The Kier molecular flexibility index (Phi) is 2.57. The summed E-state index contributed by atoms with van der Waals surface area (Å²) in [4.78, 5) is 12.5. The molecule has 0 radical (unpaired) electrons. The number of hydrogen-bond donors (Lipinski definition) is 1. The number of ether oxygens (including phenoxy) is 2. The monoisotopic (exact) mass is 290 g/mol. The van der Waals surface area contributed by atoms with E-state index in [2.05, 4.69) is 20.4 Å². The highest BCUT2D eigenvalue weighted by molar-refractivity contribution is 6.01. The number of hydrogen-bond acceptors (Lipinski definition) is 4. The molecule has 2 fully saturated rings. The number of carbonyl (C=O) groups excluding carboxylic acids is 1. The van der Waals surface area contributed by atoms with Gasteiger partial charge < -0.3 is 14.6 Å². The molecule has 2 bridgehead atoms. The number of ketones is 1. The van der Waals surface area contributed by atoms with Gasteiger partial charge in [0, 0.05) is 17.9 Å². The normalized spacial score (nSPS) is 48.0. The zero-order valence-electron chi connectivity index (χ0n) is 12.6. The van der Waals surface area contributed by atoms with E-state index in [0.717, 1.165) is 18.4 Å². The third-order valence-electron chi connectivity index (χ3n) is 5.95. The van der Waals surface area contributed by atoms with Crippen molar-refractivity contribution >= 4 is 5.78 Å². The van der Waals surface area contributed by atoms with E-state index in [9.17, 15) is 9.90 Å². The van der Waals surface area contributed by atoms with Crippen LogP contribution in [-0.4, -0.2) is 34.8 Å². The SMILES string of the molecule is C=C(C)C1CCC2(C)OC3=C(CC12)C(=O)C1CC3(O)CO1. The maximum atomic E-state index is 12.5. The summed E-state index contributed by atoms with van der Waals surface area (Å²) in [6, 6.07) is 0. The number of fused-ring (bicyclic) bond motifs is 4. The first-order valence-corrected chi connectivity index (χ1v) is 7.80. The lowest BCUT2D eigenvalue weighted by atomic mass is 9.72. The molecular formula is C17H22O4. The van der Waals surface area contributed by atoms with Crippen LogP contribution in [-0.2, 0) is 14.3 Å². The van der Waals surface area contributed by atoms with Crippen molar-refractivity contribution in [2.45, 2.75) is 56.8 Å². The van der Waals surface area contributed by atoms with Crippen LogP contribution in [0.5, 0.6) is 0 Å². The van der Waals surface area contributed by atoms with Gasteiger partial charge in [0.05, 0.1) is 6.61 Å². The van der Waals surface area contributed by atoms with Gasteiger partial charge in [-0.05, 0) is 39.0 Å². The molecule has 0 amide bonds. The van der Waals surface area contributed by atoms with Crippen LogP contribution in [0.1, 0.15) is 39.5 Å². The van der Waals surface area contributed by atoms with E-state index in [0.29, 0.717) is 30.1 Å². The van der Waals surface area contributed by atoms with Gasteiger partial charge >= 0.3 is 0 Å². The standard InChI is InChI=1S/C17H22O4/c1-9(2)10-4-5-16(3)12(10)6-11-14(18)13-7-17(19,8-20-13)15(11)21-16/h10,12-13,19H,1,4-8H2,2-3H3. The van der Waals surface area contributed by atoms with E-state index in [1.807, 2.05) is 0 Å². The van der Waals surface area contributed by atoms with Crippen LogP contribution < -0.4 is 0 Å². The Bertz CT molecular complexity index is 577. The van der Waals surface area contributed by atoms with Crippen molar-refractivity contribution in [3.63, 3.8) is 0 Å². The van der Waals surface area contributed by atoms with Crippen molar-refractivity contribution in [2.24, 2.45) is 11.8 Å². The molecule has 4 heteroatoms. The van der Waals surface area contributed by atoms with E-state index in [4.69, 9.17) is 9.47 Å². The second kappa shape index (κ2) is 3.99. The number of carbonyl (C=O) groups is 1. The Morgan fingerprint density at radius 2 is 2.24 bits per heavy atom. The van der Waals surface area contributed by atoms with Crippen molar-refractivity contribution in [2.75, 3.05) is 6.61 Å². The molecule has 21 heavy (non-hydrogen) atoms. The minimum atomic E-state index is -1.09. The highest BCUT2D eigenvalue weighted by Gasteiger charge is 2.59. The van der Waals surface area contributed by atoms with Gasteiger partial charge in [-0.3, -0.25) is 4.79 Å². The highest BCUT2D eigenvalue weighted by atomic mass is 16.6. The molecule has 2 heterocycles. The lowest BCUT2D eigenvalue weighted by molar-refractivity contribution is -0.128. The van der Waals surface area contributed by atoms with Crippen LogP contribution in [0, 0.1) is 11.8 Å². The molecule has 5 atom stereocenters. The number of Topliss-reactive ketones (excluding diaryl/α,β-unsaturated/α-hetero) is 1. The molecule has 1 N–H and O–H groups in total. The van der Waals surface area contributed by atoms with Crippen LogP contribution in [0.2, 0.25) is 0 Å². The molecule has 2 aliphatic heterocycles. The van der Waals surface area contributed by atoms with Gasteiger partial charge in [-0.25, -0.2) is 0 Å². The molecule has 0 aromatic rings. The second-order valence-corrected chi connectivity index (χ2v) is 7.42. The van der Waals surface area contributed by atoms with Gasteiger partial charge in [0.25, 0.3) is 0 Å². The Hall–Kier alpha value is -1.13. The summed E-state index contributed by atoms with van der Waals surface area (Å²) in [5.74, 6) is 1.19. The maximum Gasteiger partial charge on any atom is 0.191 e. The zero-order chi connectivity index (χ0) is 15.0. The van der Waals surface area contributed by atoms with E-state index >= 15 is 0 Å². The first-order valence-electron chi connectivity index (χ1n) is 7.80. The van der Waals surface area contributed by atoms with Gasteiger partial charge in [-0.2, -0.15) is 0 Å². The van der Waals surface area contributed by atoms with Gasteiger partial charge in [0.1, 0.15) is 23.1 Å². The third kappa shape index (κ3) is 1.66. The zero-order valence-corrected chi connectivity index (χ0v) is 12.6. The third-order valence-corrected chi connectivity index (χ3v) is 5.95. The van der Waals surface area contributed by atoms with Crippen LogP contribution in [0.15, 0.2) is 23.5 Å². The summed E-state index contributed by atoms with van der Waals surface area (Å²) < 4.78 is 11.7. The van der Waals surface area contributed by atoms with Crippen molar-refractivity contribution in [1.82, 2.24) is 0 Å². The fraction of sp³-hybridized carbons (Fsp3) is 0.706. The average Bonchev–Trinajstić information content (AvgIpc) is 2.95. The smallest absolute Gasteiger partial charge is 0.191 e. The summed E-state index contributed by atoms with van der Waals surface area (Å²) in [6.45, 7) is 8.45. The molecule has 1 saturated heterocycles. The Morgan fingerprint density at radius 1 is 1.48 bits per heavy atom. The highest BCUT2D eigenvalue weighted by Crippen LogP contribution is 2.56. The molecule has 1 saturated carbocycles. The quantitative estimate of drug-likeness (QED) is 0.752. The van der Waals surface area contributed by atoms with Gasteiger partial charge in [-0.1, -0.05) is 12.2 Å². The van der Waals surface area contributed by atoms with Crippen LogP contribution >= 0.6 is 0 Å². The molecule has 4 nitrogen and oxygen atoms in total. The van der Waals surface area contributed by atoms with E-state index in [1.54, 1.807) is 0 Å². The van der Waals surface area contributed by atoms with Crippen LogP contribution in [0.4, 0.5) is 0 Å². The number of rotatable bonds is 1. The molecule has 0 aromatic carbocycles. The van der Waals surface area contributed by atoms with Crippen LogP contribution in [0.3, 0.4) is 0 Å². The molecule has 4 aliphatic rings. The van der Waals surface area contributed by atoms with Gasteiger partial charge in [-0.15, -0.1) is 0 Å². The van der Waals surface area contributed by atoms with E-state index in [1.165, 1.54) is 0 Å². The van der Waals surface area contributed by atoms with Crippen molar-refractivity contribution < 1.29 is 19.4 Å². The van der Waals surface area contributed by atoms with Crippen molar-refractivity contribution in [1.29, 1.82) is 0 Å². The van der Waals surface area contributed by atoms with Crippen LogP contribution in [0.25, 0.3) is 0 Å². The summed E-state index contributed by atoms with van der Waals surface area (Å²) in [5.41, 5.74) is 0.441. The predicted octanol–water partition coefficient (Wildman–Crippen LogP) is 2.12. The topological polar surface area (TPSA) is 55.8 Å². The van der Waals surface area contributed by atoms with Gasteiger partial charge in [0.2, 0.25) is 0 Å². The summed E-state index contributed by atoms with van der Waals surface area (Å²) in [7, 11) is 0. The predicted molar refractivity (Wildman–Crippen MR) is 76.5 cm³/mol. The molecular weight excluding hydrogens is 268 g/mol. The number of allylic oxidation sites excluding steroid dienone is 1. The second-order valence-electron chi connectivity index (χ2n) is 7.42. The average molecular weight is 290 g/mol. The fourth-order valence-electron chi connectivity index (χ4n) is 4.71. The van der Waals surface area contributed by atoms with Crippen molar-refractivity contribution in [3.05, 3.63) is 23.5 Å². The summed E-state index contributed by atoms with van der Waals surface area (Å²) in [6.07, 6.45) is 2.54. The molecule has 0 aromatic heterocycles. The molecule has 4 rings (SSSR count). The minimum absolute atomic E-state index is 0.0154. The first kappa shape index (κ1) is 13.5. The molecule has 5 unspecified atom stereocenters. The maximum absolute atomic E-state index is 12.5.